The lowest BCUT2D eigenvalue weighted by Crippen LogP contribution is -2.56. The van der Waals surface area contributed by atoms with Crippen LogP contribution in [0.3, 0.4) is 0 Å². The Labute approximate surface area is 140 Å². The number of nitrogens with zero attached hydrogens (tertiary/aromatic N) is 1. The molecule has 2 amide bonds. The molecule has 2 heterocycles. The Morgan fingerprint density at radius 1 is 1.33 bits per heavy atom. The van der Waals surface area contributed by atoms with E-state index in [0.717, 1.165) is 0 Å². The van der Waals surface area contributed by atoms with Gasteiger partial charge in [0.25, 0.3) is 5.91 Å². The molecule has 1 aromatic carbocycles. The fourth-order valence-electron chi connectivity index (χ4n) is 3.16. The maximum Gasteiger partial charge on any atom is 0.263 e. The molecule has 1 saturated heterocycles. The van der Waals surface area contributed by atoms with Crippen LogP contribution in [0.25, 0.3) is 0 Å². The predicted octanol–water partition coefficient (Wildman–Crippen LogP) is 0.494. The van der Waals surface area contributed by atoms with E-state index in [9.17, 15) is 18.0 Å². The highest BCUT2D eigenvalue weighted by Gasteiger charge is 2.42. The van der Waals surface area contributed by atoms with E-state index in [2.05, 4.69) is 5.32 Å². The zero-order valence-corrected chi connectivity index (χ0v) is 14.4. The van der Waals surface area contributed by atoms with Gasteiger partial charge < -0.3 is 15.0 Å². The summed E-state index contributed by atoms with van der Waals surface area (Å²) in [5.41, 5.74) is -0.166. The van der Waals surface area contributed by atoms with Crippen LogP contribution >= 0.6 is 0 Å². The maximum atomic E-state index is 12.6. The SMILES string of the molecule is CC(=O)N1CC(C(=O)NC2(C)CCS(=O)(=O)C2)Oc2ccccc21. The van der Waals surface area contributed by atoms with Crippen molar-refractivity contribution in [1.82, 2.24) is 5.32 Å². The lowest BCUT2D eigenvalue weighted by molar-refractivity contribution is -0.129. The highest BCUT2D eigenvalue weighted by atomic mass is 32.2. The highest BCUT2D eigenvalue weighted by Crippen LogP contribution is 2.33. The molecule has 2 unspecified atom stereocenters. The van der Waals surface area contributed by atoms with Gasteiger partial charge in [-0.05, 0) is 25.5 Å². The van der Waals surface area contributed by atoms with Crippen molar-refractivity contribution in [3.8, 4) is 5.75 Å². The number of para-hydroxylation sites is 2. The molecular formula is C16H20N2O5S. The van der Waals surface area contributed by atoms with Crippen LogP contribution in [0.2, 0.25) is 0 Å². The number of carbonyl (C=O) groups is 2. The topological polar surface area (TPSA) is 92.8 Å². The first-order valence-electron chi connectivity index (χ1n) is 7.75. The van der Waals surface area contributed by atoms with Crippen molar-refractivity contribution in [2.24, 2.45) is 0 Å². The minimum atomic E-state index is -3.12. The van der Waals surface area contributed by atoms with Crippen molar-refractivity contribution in [2.75, 3.05) is 23.0 Å². The summed E-state index contributed by atoms with van der Waals surface area (Å²) >= 11 is 0. The van der Waals surface area contributed by atoms with Crippen molar-refractivity contribution >= 4 is 27.3 Å². The number of hydrogen-bond donors (Lipinski definition) is 1. The molecule has 0 radical (unpaired) electrons. The number of rotatable bonds is 2. The van der Waals surface area contributed by atoms with E-state index in [1.54, 1.807) is 31.2 Å². The maximum absolute atomic E-state index is 12.6. The van der Waals surface area contributed by atoms with E-state index in [-0.39, 0.29) is 24.0 Å². The molecule has 0 spiro atoms. The Hall–Kier alpha value is -2.09. The average molecular weight is 352 g/mol. The van der Waals surface area contributed by atoms with Crippen molar-refractivity contribution in [3.05, 3.63) is 24.3 Å². The summed E-state index contributed by atoms with van der Waals surface area (Å²) in [6.07, 6.45) is -0.496. The minimum Gasteiger partial charge on any atom is -0.477 e. The second-order valence-corrected chi connectivity index (χ2v) is 8.78. The van der Waals surface area contributed by atoms with E-state index in [1.807, 2.05) is 0 Å². The Balaban J connectivity index is 1.78. The highest BCUT2D eigenvalue weighted by molar-refractivity contribution is 7.91. The summed E-state index contributed by atoms with van der Waals surface area (Å²) < 4.78 is 29.1. The summed E-state index contributed by atoms with van der Waals surface area (Å²) in [5, 5.41) is 2.79. The molecule has 3 rings (SSSR count). The third-order valence-electron chi connectivity index (χ3n) is 4.37. The number of anilines is 1. The zero-order valence-electron chi connectivity index (χ0n) is 13.6. The molecular weight excluding hydrogens is 332 g/mol. The number of hydrogen-bond acceptors (Lipinski definition) is 5. The lowest BCUT2D eigenvalue weighted by atomic mass is 10.0. The molecule has 0 aliphatic carbocycles. The zero-order chi connectivity index (χ0) is 17.5. The third kappa shape index (κ3) is 3.24. The van der Waals surface area contributed by atoms with Crippen LogP contribution in [-0.4, -0.2) is 49.9 Å². The molecule has 0 saturated carbocycles. The Morgan fingerprint density at radius 3 is 2.67 bits per heavy atom. The van der Waals surface area contributed by atoms with Gasteiger partial charge >= 0.3 is 0 Å². The minimum absolute atomic E-state index is 0.0672. The number of carbonyl (C=O) groups excluding carboxylic acids is 2. The summed E-state index contributed by atoms with van der Waals surface area (Å²) in [6, 6.07) is 7.02. The quantitative estimate of drug-likeness (QED) is 0.836. The fraction of sp³-hybridized carbons (Fsp3) is 0.500. The predicted molar refractivity (Wildman–Crippen MR) is 88.7 cm³/mol. The van der Waals surface area contributed by atoms with Crippen LogP contribution in [0.15, 0.2) is 24.3 Å². The van der Waals surface area contributed by atoms with E-state index >= 15 is 0 Å². The largest absolute Gasteiger partial charge is 0.477 e. The summed E-state index contributed by atoms with van der Waals surface area (Å²) in [7, 11) is -3.12. The van der Waals surface area contributed by atoms with Crippen LogP contribution in [-0.2, 0) is 19.4 Å². The number of fused-ring (bicyclic) bond motifs is 1. The lowest BCUT2D eigenvalue weighted by Gasteiger charge is -2.35. The van der Waals surface area contributed by atoms with Crippen LogP contribution in [0.1, 0.15) is 20.3 Å². The summed E-state index contributed by atoms with van der Waals surface area (Å²) in [4.78, 5) is 26.0. The van der Waals surface area contributed by atoms with Gasteiger partial charge in [0.15, 0.2) is 15.9 Å². The van der Waals surface area contributed by atoms with Gasteiger partial charge in [0.05, 0.1) is 29.3 Å². The molecule has 1 aromatic rings. The van der Waals surface area contributed by atoms with E-state index < -0.39 is 27.4 Å². The monoisotopic (exact) mass is 352 g/mol. The molecule has 1 fully saturated rings. The Kier molecular flexibility index (Phi) is 4.03. The van der Waals surface area contributed by atoms with Crippen molar-refractivity contribution in [2.45, 2.75) is 31.9 Å². The normalized spacial score (nSPS) is 27.9. The molecule has 130 valence electrons. The van der Waals surface area contributed by atoms with Gasteiger partial charge in [0, 0.05) is 6.92 Å². The first-order valence-corrected chi connectivity index (χ1v) is 9.57. The Bertz CT molecular complexity index is 791. The van der Waals surface area contributed by atoms with E-state index in [1.165, 1.54) is 11.8 Å². The molecule has 24 heavy (non-hydrogen) atoms. The second-order valence-electron chi connectivity index (χ2n) is 6.60. The number of ether oxygens (including phenoxy) is 1. The molecule has 2 aliphatic heterocycles. The van der Waals surface area contributed by atoms with Gasteiger partial charge in [-0.1, -0.05) is 12.1 Å². The van der Waals surface area contributed by atoms with E-state index in [0.29, 0.717) is 17.9 Å². The third-order valence-corrected chi connectivity index (χ3v) is 6.28. The fourth-order valence-corrected chi connectivity index (χ4v) is 5.25. The van der Waals surface area contributed by atoms with Crippen molar-refractivity contribution in [1.29, 1.82) is 0 Å². The summed E-state index contributed by atoms with van der Waals surface area (Å²) in [6.45, 7) is 3.25. The standard InChI is InChI=1S/C16H20N2O5S/c1-11(19)18-9-14(23-13-6-4-3-5-12(13)18)15(20)17-16(2)7-8-24(21,22)10-16/h3-6,14H,7-10H2,1-2H3,(H,17,20). The molecule has 1 N–H and O–H groups in total. The molecule has 0 bridgehead atoms. The number of benzene rings is 1. The second kappa shape index (κ2) is 5.77. The first kappa shape index (κ1) is 16.8. The van der Waals surface area contributed by atoms with Gasteiger partial charge in [-0.25, -0.2) is 8.42 Å². The van der Waals surface area contributed by atoms with Crippen molar-refractivity contribution < 1.29 is 22.7 Å². The van der Waals surface area contributed by atoms with Gasteiger partial charge in [0.2, 0.25) is 5.91 Å². The smallest absolute Gasteiger partial charge is 0.263 e. The molecule has 7 nitrogen and oxygen atoms in total. The van der Waals surface area contributed by atoms with Crippen LogP contribution in [0.4, 0.5) is 5.69 Å². The van der Waals surface area contributed by atoms with Crippen LogP contribution in [0.5, 0.6) is 5.75 Å². The van der Waals surface area contributed by atoms with Gasteiger partial charge in [-0.3, -0.25) is 9.59 Å². The molecule has 8 heteroatoms. The van der Waals surface area contributed by atoms with Gasteiger partial charge in [0.1, 0.15) is 5.75 Å². The van der Waals surface area contributed by atoms with Crippen LogP contribution in [0, 0.1) is 0 Å². The number of amides is 2. The molecule has 0 aromatic heterocycles. The summed E-state index contributed by atoms with van der Waals surface area (Å²) in [5.74, 6) is -0.139. The molecule has 2 aliphatic rings. The van der Waals surface area contributed by atoms with Crippen LogP contribution < -0.4 is 15.0 Å². The van der Waals surface area contributed by atoms with Gasteiger partial charge in [-0.15, -0.1) is 0 Å². The number of nitrogens with one attached hydrogen (secondary N) is 1. The number of sulfone groups is 1. The van der Waals surface area contributed by atoms with E-state index in [4.69, 9.17) is 4.74 Å². The molecule has 2 atom stereocenters. The average Bonchev–Trinajstić information content (AvgIpc) is 2.79. The first-order chi connectivity index (χ1) is 11.2. The Morgan fingerprint density at radius 2 is 2.04 bits per heavy atom. The van der Waals surface area contributed by atoms with Gasteiger partial charge in [-0.2, -0.15) is 0 Å². The van der Waals surface area contributed by atoms with Crippen molar-refractivity contribution in [3.63, 3.8) is 0 Å².